The third-order valence-electron chi connectivity index (χ3n) is 3.07. The van der Waals surface area contributed by atoms with Crippen LogP contribution in [0.15, 0.2) is 4.40 Å². The number of hydrogen-bond acceptors (Lipinski definition) is 5. The molecule has 0 aliphatic carbocycles. The summed E-state index contributed by atoms with van der Waals surface area (Å²) in [4.78, 5) is 1.60. The summed E-state index contributed by atoms with van der Waals surface area (Å²) in [6.45, 7) is 6.56. The summed E-state index contributed by atoms with van der Waals surface area (Å²) < 4.78 is 37.7. The number of nitrogens with zero attached hydrogens (tertiary/aromatic N) is 2. The van der Waals surface area contributed by atoms with Crippen molar-refractivity contribution in [3.63, 3.8) is 0 Å². The van der Waals surface area contributed by atoms with Gasteiger partial charge < -0.3 is 19.7 Å². The minimum Gasteiger partial charge on any atom is -0.368 e. The number of nitrogens with one attached hydrogen (secondary N) is 1. The second-order valence-electron chi connectivity index (χ2n) is 6.00. The van der Waals surface area contributed by atoms with E-state index in [-0.39, 0.29) is 23.9 Å². The summed E-state index contributed by atoms with van der Waals surface area (Å²) >= 11 is 0. The van der Waals surface area contributed by atoms with Crippen molar-refractivity contribution in [2.75, 3.05) is 26.4 Å². The molecule has 0 amide bonds. The molecule has 1 heterocycles. The summed E-state index contributed by atoms with van der Waals surface area (Å²) in [6.07, 6.45) is 2.24. The van der Waals surface area contributed by atoms with E-state index in [0.29, 0.717) is 13.0 Å². The van der Waals surface area contributed by atoms with Gasteiger partial charge in [-0.3, -0.25) is 0 Å². The Labute approximate surface area is 127 Å². The topological polar surface area (TPSA) is 80.2 Å². The van der Waals surface area contributed by atoms with Crippen molar-refractivity contribution in [2.45, 2.75) is 51.7 Å². The van der Waals surface area contributed by atoms with E-state index in [9.17, 15) is 8.42 Å². The zero-order valence-corrected chi connectivity index (χ0v) is 14.3. The first kappa shape index (κ1) is 18.3. The van der Waals surface area contributed by atoms with Crippen LogP contribution in [-0.2, 0) is 19.5 Å². The van der Waals surface area contributed by atoms with Gasteiger partial charge in [-0.25, -0.2) is 8.42 Å². The fourth-order valence-electron chi connectivity index (χ4n) is 1.82. The molecule has 0 aromatic carbocycles. The van der Waals surface area contributed by atoms with Gasteiger partial charge in [-0.1, -0.05) is 0 Å². The maximum atomic E-state index is 11.6. The quantitative estimate of drug-likeness (QED) is 0.384. The molecule has 0 unspecified atom stereocenters. The number of rotatable bonds is 9. The molecule has 0 saturated carbocycles. The number of unbranched alkanes of at least 4 members (excludes halogenated alkanes) is 1. The first-order valence-corrected chi connectivity index (χ1v) is 8.74. The van der Waals surface area contributed by atoms with Gasteiger partial charge in [-0.15, -0.1) is 0 Å². The van der Waals surface area contributed by atoms with Gasteiger partial charge in [0.05, 0.1) is 11.3 Å². The van der Waals surface area contributed by atoms with Crippen LogP contribution in [0.1, 0.15) is 33.6 Å². The molecule has 1 N–H and O–H groups in total. The van der Waals surface area contributed by atoms with Crippen LogP contribution < -0.4 is 5.32 Å². The Bertz CT molecular complexity index is 442. The van der Waals surface area contributed by atoms with Crippen LogP contribution >= 0.6 is 0 Å². The standard InChI is InChI=1S/C13H27N3O4S/c1-11-19-12(20-11)13(2,3)14-8-6-7-9-21(17,18)15-10-16(4)5/h10-12,14H,6-9H2,1-5H3/b15-10+. The van der Waals surface area contributed by atoms with Crippen LogP contribution in [0, 0.1) is 0 Å². The van der Waals surface area contributed by atoms with E-state index < -0.39 is 10.0 Å². The van der Waals surface area contributed by atoms with Gasteiger partial charge in [0, 0.05) is 14.1 Å². The van der Waals surface area contributed by atoms with Crippen LogP contribution in [0.4, 0.5) is 0 Å². The van der Waals surface area contributed by atoms with E-state index in [2.05, 4.69) is 9.71 Å². The smallest absolute Gasteiger partial charge is 0.254 e. The largest absolute Gasteiger partial charge is 0.368 e. The molecule has 0 aromatic rings. The molecule has 0 atom stereocenters. The van der Waals surface area contributed by atoms with E-state index in [0.717, 1.165) is 6.42 Å². The third-order valence-corrected chi connectivity index (χ3v) is 4.29. The third kappa shape index (κ3) is 6.73. The molecule has 1 fully saturated rings. The summed E-state index contributed by atoms with van der Waals surface area (Å²) in [5.41, 5.74) is -0.283. The molecule has 7 nitrogen and oxygen atoms in total. The Balaban J connectivity index is 2.19. The molecular formula is C13H27N3O4S. The molecule has 124 valence electrons. The minimum atomic E-state index is -3.36. The van der Waals surface area contributed by atoms with Gasteiger partial charge in [-0.05, 0) is 40.2 Å². The predicted octanol–water partition coefficient (Wildman–Crippen LogP) is 0.773. The van der Waals surface area contributed by atoms with Gasteiger partial charge >= 0.3 is 0 Å². The highest BCUT2D eigenvalue weighted by Gasteiger charge is 2.39. The van der Waals surface area contributed by atoms with E-state index in [1.807, 2.05) is 20.8 Å². The number of ether oxygens (including phenoxy) is 2. The molecule has 0 bridgehead atoms. The normalized spacial score (nSPS) is 23.3. The lowest BCUT2D eigenvalue weighted by molar-refractivity contribution is -0.395. The zero-order valence-electron chi connectivity index (χ0n) is 13.5. The zero-order chi connectivity index (χ0) is 16.1. The van der Waals surface area contributed by atoms with Crippen molar-refractivity contribution in [3.8, 4) is 0 Å². The summed E-state index contributed by atoms with van der Waals surface area (Å²) in [5, 5.41) is 3.33. The van der Waals surface area contributed by atoms with Crippen molar-refractivity contribution in [1.82, 2.24) is 10.2 Å². The van der Waals surface area contributed by atoms with Crippen LogP contribution in [-0.4, -0.2) is 64.2 Å². The highest BCUT2D eigenvalue weighted by atomic mass is 32.2. The monoisotopic (exact) mass is 321 g/mol. The maximum Gasteiger partial charge on any atom is 0.254 e. The SMILES string of the molecule is CC1OC(C(C)(C)NCCCCS(=O)(=O)/N=C/N(C)C)O1. The van der Waals surface area contributed by atoms with Gasteiger partial charge in [0.1, 0.15) is 6.34 Å². The van der Waals surface area contributed by atoms with Gasteiger partial charge in [0.15, 0.2) is 12.6 Å². The fourth-order valence-corrected chi connectivity index (χ4v) is 2.83. The molecule has 1 saturated heterocycles. The molecule has 0 spiro atoms. The van der Waals surface area contributed by atoms with Gasteiger partial charge in [-0.2, -0.15) is 4.40 Å². The average molecular weight is 321 g/mol. The summed E-state index contributed by atoms with van der Waals surface area (Å²) in [5.74, 6) is 0.0624. The summed E-state index contributed by atoms with van der Waals surface area (Å²) in [6, 6.07) is 0. The highest BCUT2D eigenvalue weighted by Crippen LogP contribution is 2.25. The fraction of sp³-hybridized carbons (Fsp3) is 0.923. The predicted molar refractivity (Wildman–Crippen MR) is 82.7 cm³/mol. The Hall–Kier alpha value is -0.700. The Morgan fingerprint density at radius 2 is 1.90 bits per heavy atom. The van der Waals surface area contributed by atoms with Crippen molar-refractivity contribution in [1.29, 1.82) is 0 Å². The van der Waals surface area contributed by atoms with Gasteiger partial charge in [0.2, 0.25) is 0 Å². The first-order valence-electron chi connectivity index (χ1n) is 7.13. The molecular weight excluding hydrogens is 294 g/mol. The molecule has 1 aliphatic heterocycles. The lowest BCUT2D eigenvalue weighted by Gasteiger charge is -2.44. The van der Waals surface area contributed by atoms with E-state index in [4.69, 9.17) is 9.47 Å². The van der Waals surface area contributed by atoms with E-state index in [1.54, 1.807) is 19.0 Å². The van der Waals surface area contributed by atoms with Gasteiger partial charge in [0.25, 0.3) is 10.0 Å². The number of hydrogen-bond donors (Lipinski definition) is 1. The van der Waals surface area contributed by atoms with Crippen molar-refractivity contribution >= 4 is 16.4 Å². The minimum absolute atomic E-state index is 0.0624. The maximum absolute atomic E-state index is 11.6. The Morgan fingerprint density at radius 3 is 2.43 bits per heavy atom. The molecule has 0 aromatic heterocycles. The molecule has 0 radical (unpaired) electrons. The van der Waals surface area contributed by atoms with E-state index in [1.165, 1.54) is 6.34 Å². The molecule has 21 heavy (non-hydrogen) atoms. The van der Waals surface area contributed by atoms with Crippen molar-refractivity contribution in [3.05, 3.63) is 0 Å². The first-order chi connectivity index (χ1) is 9.62. The second-order valence-corrected chi connectivity index (χ2v) is 7.78. The molecule has 1 aliphatic rings. The van der Waals surface area contributed by atoms with Crippen LogP contribution in [0.3, 0.4) is 0 Å². The van der Waals surface area contributed by atoms with Crippen LogP contribution in [0.2, 0.25) is 0 Å². The second kappa shape index (κ2) is 7.53. The van der Waals surface area contributed by atoms with E-state index >= 15 is 0 Å². The van der Waals surface area contributed by atoms with Crippen molar-refractivity contribution in [2.24, 2.45) is 4.40 Å². The van der Waals surface area contributed by atoms with Crippen LogP contribution in [0.25, 0.3) is 0 Å². The summed E-state index contributed by atoms with van der Waals surface area (Å²) in [7, 11) is 0.106. The Morgan fingerprint density at radius 1 is 1.29 bits per heavy atom. The van der Waals surface area contributed by atoms with Crippen LogP contribution in [0.5, 0.6) is 0 Å². The number of sulfonamides is 1. The lowest BCUT2D eigenvalue weighted by Crippen LogP contribution is -2.59. The molecule has 8 heteroatoms. The highest BCUT2D eigenvalue weighted by molar-refractivity contribution is 7.90. The Kier molecular flexibility index (Phi) is 6.58. The van der Waals surface area contributed by atoms with Crippen molar-refractivity contribution < 1.29 is 17.9 Å². The molecule has 1 rings (SSSR count). The lowest BCUT2D eigenvalue weighted by atomic mass is 10.0. The average Bonchev–Trinajstić information content (AvgIpc) is 2.32.